The molecule has 0 spiro atoms. The van der Waals surface area contributed by atoms with Gasteiger partial charge in [-0.3, -0.25) is 9.69 Å². The predicted molar refractivity (Wildman–Crippen MR) is 97.4 cm³/mol. The third-order valence-corrected chi connectivity index (χ3v) is 5.02. The summed E-state index contributed by atoms with van der Waals surface area (Å²) in [5.41, 5.74) is 4.63. The molecule has 1 aliphatic heterocycles. The van der Waals surface area contributed by atoms with E-state index in [0.29, 0.717) is 0 Å². The number of aryl methyl sites for hydroxylation is 3. The predicted octanol–water partition coefficient (Wildman–Crippen LogP) is 2.87. The van der Waals surface area contributed by atoms with E-state index >= 15 is 0 Å². The minimum absolute atomic E-state index is 0.159. The van der Waals surface area contributed by atoms with Crippen LogP contribution in [0.4, 0.5) is 0 Å². The maximum Gasteiger partial charge on any atom is 0.253 e. The monoisotopic (exact) mass is 325 g/mol. The Kier molecular flexibility index (Phi) is 5.05. The van der Waals surface area contributed by atoms with Gasteiger partial charge in [0.2, 0.25) is 0 Å². The summed E-state index contributed by atoms with van der Waals surface area (Å²) in [6.45, 7) is 12.0. The van der Waals surface area contributed by atoms with Gasteiger partial charge in [0.25, 0.3) is 5.91 Å². The van der Waals surface area contributed by atoms with Crippen molar-refractivity contribution >= 4 is 5.91 Å². The van der Waals surface area contributed by atoms with Crippen LogP contribution in [0, 0.1) is 20.8 Å². The minimum atomic E-state index is 0.159. The van der Waals surface area contributed by atoms with Crippen LogP contribution in [0.25, 0.3) is 0 Å². The lowest BCUT2D eigenvalue weighted by Crippen LogP contribution is -2.49. The van der Waals surface area contributed by atoms with Gasteiger partial charge in [-0.15, -0.1) is 0 Å². The van der Waals surface area contributed by atoms with Gasteiger partial charge in [-0.05, 0) is 45.0 Å². The fourth-order valence-electron chi connectivity index (χ4n) is 3.35. The van der Waals surface area contributed by atoms with E-state index in [2.05, 4.69) is 35.4 Å². The molecular weight excluding hydrogens is 298 g/mol. The Hall–Kier alpha value is -2.07. The summed E-state index contributed by atoms with van der Waals surface area (Å²) in [6.07, 6.45) is 0. The maximum absolute atomic E-state index is 12.6. The quantitative estimate of drug-likeness (QED) is 0.865. The molecule has 1 fully saturated rings. The molecule has 0 atom stereocenters. The first-order valence-electron chi connectivity index (χ1n) is 8.75. The van der Waals surface area contributed by atoms with Gasteiger partial charge in [0.15, 0.2) is 0 Å². The zero-order valence-corrected chi connectivity index (χ0v) is 15.0. The molecule has 0 N–H and O–H groups in total. The Morgan fingerprint density at radius 3 is 2.00 bits per heavy atom. The van der Waals surface area contributed by atoms with E-state index in [4.69, 9.17) is 0 Å². The molecule has 3 rings (SSSR count). The second-order valence-corrected chi connectivity index (χ2v) is 6.77. The summed E-state index contributed by atoms with van der Waals surface area (Å²) in [5.74, 6) is 0.159. The van der Waals surface area contributed by atoms with Crippen molar-refractivity contribution in [3.63, 3.8) is 0 Å². The first kappa shape index (κ1) is 16.8. The van der Waals surface area contributed by atoms with E-state index in [1.165, 1.54) is 17.0 Å². The summed E-state index contributed by atoms with van der Waals surface area (Å²) in [4.78, 5) is 17.0. The molecule has 128 valence electrons. The largest absolute Gasteiger partial charge is 0.348 e. The van der Waals surface area contributed by atoms with Crippen molar-refractivity contribution in [2.45, 2.75) is 27.3 Å². The zero-order valence-electron chi connectivity index (χ0n) is 15.0. The van der Waals surface area contributed by atoms with Crippen LogP contribution in [-0.4, -0.2) is 53.0 Å². The van der Waals surface area contributed by atoms with Crippen molar-refractivity contribution in [2.24, 2.45) is 0 Å². The summed E-state index contributed by atoms with van der Waals surface area (Å²) >= 11 is 0. The van der Waals surface area contributed by atoms with Crippen molar-refractivity contribution in [3.05, 3.63) is 58.9 Å². The molecule has 1 aliphatic rings. The number of hydrogen-bond acceptors (Lipinski definition) is 2. The van der Waals surface area contributed by atoms with Crippen molar-refractivity contribution in [1.82, 2.24) is 14.4 Å². The standard InChI is InChI=1S/C20H27N3O/c1-16-4-8-19(9-5-16)20(24)22-13-10-21(11-14-22)12-15-23-17(2)6-7-18(23)3/h4-9H,10-15H2,1-3H3. The van der Waals surface area contributed by atoms with Crippen molar-refractivity contribution in [2.75, 3.05) is 32.7 Å². The molecule has 4 heteroatoms. The van der Waals surface area contributed by atoms with Crippen LogP contribution in [0.2, 0.25) is 0 Å². The molecule has 1 aromatic carbocycles. The van der Waals surface area contributed by atoms with Gasteiger partial charge in [0, 0.05) is 56.2 Å². The summed E-state index contributed by atoms with van der Waals surface area (Å²) in [5, 5.41) is 0. The Balaban J connectivity index is 1.50. The fraction of sp³-hybridized carbons (Fsp3) is 0.450. The van der Waals surface area contributed by atoms with E-state index in [0.717, 1.165) is 44.8 Å². The zero-order chi connectivity index (χ0) is 17.1. The number of piperazine rings is 1. The SMILES string of the molecule is Cc1ccc(C(=O)N2CCN(CCn3c(C)ccc3C)CC2)cc1. The third kappa shape index (κ3) is 3.70. The summed E-state index contributed by atoms with van der Waals surface area (Å²) in [7, 11) is 0. The topological polar surface area (TPSA) is 28.5 Å². The highest BCUT2D eigenvalue weighted by molar-refractivity contribution is 5.94. The van der Waals surface area contributed by atoms with Crippen molar-refractivity contribution < 1.29 is 4.79 Å². The Morgan fingerprint density at radius 2 is 1.42 bits per heavy atom. The second-order valence-electron chi connectivity index (χ2n) is 6.77. The lowest BCUT2D eigenvalue weighted by atomic mass is 10.1. The fourth-order valence-corrected chi connectivity index (χ4v) is 3.35. The van der Waals surface area contributed by atoms with Crippen LogP contribution in [0.15, 0.2) is 36.4 Å². The van der Waals surface area contributed by atoms with E-state index in [1.54, 1.807) is 0 Å². The average Bonchev–Trinajstić information content (AvgIpc) is 2.92. The lowest BCUT2D eigenvalue weighted by Gasteiger charge is -2.35. The first-order chi connectivity index (χ1) is 11.5. The average molecular weight is 325 g/mol. The first-order valence-corrected chi connectivity index (χ1v) is 8.75. The number of amides is 1. The third-order valence-electron chi connectivity index (χ3n) is 5.02. The van der Waals surface area contributed by atoms with E-state index in [-0.39, 0.29) is 5.91 Å². The smallest absolute Gasteiger partial charge is 0.253 e. The number of rotatable bonds is 4. The summed E-state index contributed by atoms with van der Waals surface area (Å²) < 4.78 is 2.36. The molecule has 2 aromatic rings. The Labute approximate surface area is 144 Å². The van der Waals surface area contributed by atoms with E-state index < -0.39 is 0 Å². The van der Waals surface area contributed by atoms with Gasteiger partial charge in [-0.1, -0.05) is 17.7 Å². The molecule has 0 aliphatic carbocycles. The Bertz CT molecular complexity index is 675. The molecule has 1 saturated heterocycles. The van der Waals surface area contributed by atoms with Crippen LogP contribution < -0.4 is 0 Å². The Morgan fingerprint density at radius 1 is 0.833 bits per heavy atom. The van der Waals surface area contributed by atoms with Crippen LogP contribution >= 0.6 is 0 Å². The van der Waals surface area contributed by atoms with Crippen LogP contribution in [0.1, 0.15) is 27.3 Å². The highest BCUT2D eigenvalue weighted by Gasteiger charge is 2.21. The number of carbonyl (C=O) groups excluding carboxylic acids is 1. The number of benzene rings is 1. The van der Waals surface area contributed by atoms with Gasteiger partial charge in [0.1, 0.15) is 0 Å². The molecule has 2 heterocycles. The summed E-state index contributed by atoms with van der Waals surface area (Å²) in [6, 6.07) is 12.2. The number of nitrogens with zero attached hydrogens (tertiary/aromatic N) is 3. The number of aromatic nitrogens is 1. The van der Waals surface area contributed by atoms with Gasteiger partial charge in [0.05, 0.1) is 0 Å². The van der Waals surface area contributed by atoms with Crippen LogP contribution in [0.3, 0.4) is 0 Å². The maximum atomic E-state index is 12.6. The molecule has 4 nitrogen and oxygen atoms in total. The molecule has 1 aromatic heterocycles. The molecule has 0 bridgehead atoms. The van der Waals surface area contributed by atoms with Gasteiger partial charge >= 0.3 is 0 Å². The van der Waals surface area contributed by atoms with Gasteiger partial charge < -0.3 is 9.47 Å². The molecule has 0 saturated carbocycles. The number of hydrogen-bond donors (Lipinski definition) is 0. The lowest BCUT2D eigenvalue weighted by molar-refractivity contribution is 0.0633. The van der Waals surface area contributed by atoms with Crippen molar-refractivity contribution in [3.8, 4) is 0 Å². The van der Waals surface area contributed by atoms with E-state index in [9.17, 15) is 4.79 Å². The molecule has 0 radical (unpaired) electrons. The van der Waals surface area contributed by atoms with Gasteiger partial charge in [-0.25, -0.2) is 0 Å². The van der Waals surface area contributed by atoms with E-state index in [1.807, 2.05) is 36.1 Å². The molecule has 1 amide bonds. The molecule has 0 unspecified atom stereocenters. The second kappa shape index (κ2) is 7.22. The number of carbonyl (C=O) groups is 1. The van der Waals surface area contributed by atoms with Gasteiger partial charge in [-0.2, -0.15) is 0 Å². The van der Waals surface area contributed by atoms with Crippen molar-refractivity contribution in [1.29, 1.82) is 0 Å². The highest BCUT2D eigenvalue weighted by Crippen LogP contribution is 2.11. The minimum Gasteiger partial charge on any atom is -0.348 e. The van der Waals surface area contributed by atoms with Crippen LogP contribution in [0.5, 0.6) is 0 Å². The molecule has 24 heavy (non-hydrogen) atoms. The normalized spacial score (nSPS) is 15.7. The van der Waals surface area contributed by atoms with Crippen LogP contribution in [-0.2, 0) is 6.54 Å². The highest BCUT2D eigenvalue weighted by atomic mass is 16.2. The molecular formula is C20H27N3O.